The summed E-state index contributed by atoms with van der Waals surface area (Å²) in [5.74, 6) is 0. The summed E-state index contributed by atoms with van der Waals surface area (Å²) >= 11 is 6.22. The Labute approximate surface area is 144 Å². The number of hydrogen-bond acceptors (Lipinski definition) is 3. The molecule has 0 atom stereocenters. The van der Waals surface area contributed by atoms with Gasteiger partial charge >= 0.3 is 0 Å². The topological polar surface area (TPSA) is 49.4 Å². The van der Waals surface area contributed by atoms with Crippen LogP contribution in [-0.4, -0.2) is 38.9 Å². The summed E-state index contributed by atoms with van der Waals surface area (Å²) in [7, 11) is -3.50. The van der Waals surface area contributed by atoms with Gasteiger partial charge in [-0.15, -0.1) is 0 Å². The van der Waals surface area contributed by atoms with Crippen LogP contribution in [0.25, 0.3) is 0 Å². The Morgan fingerprint density at radius 1 is 1.26 bits per heavy atom. The minimum Gasteiger partial charge on any atom is -0.317 e. The first-order chi connectivity index (χ1) is 11.0. The molecule has 0 unspecified atom stereocenters. The molecule has 2 fully saturated rings. The monoisotopic (exact) mass is 356 g/mol. The zero-order chi connectivity index (χ0) is 16.5. The smallest absolute Gasteiger partial charge is 0.244 e. The van der Waals surface area contributed by atoms with E-state index in [1.54, 1.807) is 16.4 Å². The van der Waals surface area contributed by atoms with Gasteiger partial charge in [0.25, 0.3) is 0 Å². The third-order valence-electron chi connectivity index (χ3n) is 5.22. The van der Waals surface area contributed by atoms with Crippen LogP contribution >= 0.6 is 11.6 Å². The van der Waals surface area contributed by atoms with Crippen LogP contribution in [-0.2, 0) is 16.4 Å². The lowest BCUT2D eigenvalue weighted by Crippen LogP contribution is -2.39. The lowest BCUT2D eigenvalue weighted by atomic mass is 9.78. The van der Waals surface area contributed by atoms with E-state index in [9.17, 15) is 8.42 Å². The highest BCUT2D eigenvalue weighted by Crippen LogP contribution is 2.41. The summed E-state index contributed by atoms with van der Waals surface area (Å²) in [6.45, 7) is 5.30. The van der Waals surface area contributed by atoms with Gasteiger partial charge in [-0.1, -0.05) is 31.0 Å². The molecular weight excluding hydrogens is 332 g/mol. The van der Waals surface area contributed by atoms with Crippen molar-refractivity contribution in [1.82, 2.24) is 9.62 Å². The van der Waals surface area contributed by atoms with Gasteiger partial charge in [0.1, 0.15) is 4.90 Å². The van der Waals surface area contributed by atoms with Crippen LogP contribution in [0.15, 0.2) is 23.1 Å². The molecule has 0 bridgehead atoms. The fourth-order valence-corrected chi connectivity index (χ4v) is 5.87. The second-order valence-corrected chi connectivity index (χ2v) is 9.17. The zero-order valence-electron chi connectivity index (χ0n) is 13.6. The summed E-state index contributed by atoms with van der Waals surface area (Å²) in [5.41, 5.74) is 1.19. The van der Waals surface area contributed by atoms with Crippen molar-refractivity contribution in [2.24, 2.45) is 5.41 Å². The summed E-state index contributed by atoms with van der Waals surface area (Å²) in [6, 6.07) is 5.40. The lowest BCUT2D eigenvalue weighted by molar-refractivity contribution is 0.218. The molecule has 6 heteroatoms. The van der Waals surface area contributed by atoms with Crippen molar-refractivity contribution in [2.75, 3.05) is 26.2 Å². The van der Waals surface area contributed by atoms with Gasteiger partial charge < -0.3 is 5.32 Å². The molecule has 3 rings (SSSR count). The number of rotatable bonds is 4. The first kappa shape index (κ1) is 17.2. The van der Waals surface area contributed by atoms with Gasteiger partial charge in [0, 0.05) is 13.1 Å². The molecule has 0 aliphatic carbocycles. The number of halogens is 1. The number of nitrogens with zero attached hydrogens (tertiary/aromatic N) is 1. The molecule has 1 aromatic rings. The largest absolute Gasteiger partial charge is 0.317 e. The Bertz CT molecular complexity index is 669. The SMILES string of the molecule is CCCc1ccc(Cl)c(S(=O)(=O)N2CCC3(CCNCC3)C2)c1. The van der Waals surface area contributed by atoms with E-state index in [4.69, 9.17) is 11.6 Å². The van der Waals surface area contributed by atoms with Crippen LogP contribution in [0.5, 0.6) is 0 Å². The van der Waals surface area contributed by atoms with E-state index in [0.717, 1.165) is 50.8 Å². The summed E-state index contributed by atoms with van der Waals surface area (Å²) < 4.78 is 27.8. The van der Waals surface area contributed by atoms with E-state index >= 15 is 0 Å². The van der Waals surface area contributed by atoms with Crippen molar-refractivity contribution in [3.63, 3.8) is 0 Å². The maximum absolute atomic E-state index is 13.1. The maximum atomic E-state index is 13.1. The average molecular weight is 357 g/mol. The number of hydrogen-bond donors (Lipinski definition) is 1. The van der Waals surface area contributed by atoms with Crippen molar-refractivity contribution < 1.29 is 8.42 Å². The van der Waals surface area contributed by atoms with Gasteiger partial charge in [0.05, 0.1) is 5.02 Å². The summed E-state index contributed by atoms with van der Waals surface area (Å²) in [6.07, 6.45) is 4.93. The predicted molar refractivity (Wildman–Crippen MR) is 93.4 cm³/mol. The first-order valence-corrected chi connectivity index (χ1v) is 10.3. The van der Waals surface area contributed by atoms with Gasteiger partial charge in [0.15, 0.2) is 0 Å². The van der Waals surface area contributed by atoms with Crippen LogP contribution in [0.3, 0.4) is 0 Å². The quantitative estimate of drug-likeness (QED) is 0.902. The summed E-state index contributed by atoms with van der Waals surface area (Å²) in [4.78, 5) is 0.274. The fraction of sp³-hybridized carbons (Fsp3) is 0.647. The van der Waals surface area contributed by atoms with Gasteiger partial charge in [-0.2, -0.15) is 4.31 Å². The highest BCUT2D eigenvalue weighted by atomic mass is 35.5. The Morgan fingerprint density at radius 3 is 2.70 bits per heavy atom. The van der Waals surface area contributed by atoms with E-state index in [2.05, 4.69) is 12.2 Å². The van der Waals surface area contributed by atoms with E-state index in [1.165, 1.54) is 0 Å². The highest BCUT2D eigenvalue weighted by molar-refractivity contribution is 7.89. The van der Waals surface area contributed by atoms with E-state index < -0.39 is 10.0 Å². The number of aryl methyl sites for hydroxylation is 1. The van der Waals surface area contributed by atoms with Crippen LogP contribution < -0.4 is 5.32 Å². The van der Waals surface area contributed by atoms with Gasteiger partial charge in [0.2, 0.25) is 10.0 Å². The van der Waals surface area contributed by atoms with Crippen molar-refractivity contribution in [1.29, 1.82) is 0 Å². The number of piperidine rings is 1. The molecule has 2 saturated heterocycles. The minimum atomic E-state index is -3.50. The minimum absolute atomic E-state index is 0.159. The Hall–Kier alpha value is -0.620. The molecule has 0 amide bonds. The van der Waals surface area contributed by atoms with Crippen LogP contribution in [0.2, 0.25) is 5.02 Å². The zero-order valence-corrected chi connectivity index (χ0v) is 15.2. The molecular formula is C17H25ClN2O2S. The molecule has 2 aliphatic rings. The molecule has 2 aliphatic heterocycles. The number of benzene rings is 1. The normalized spacial score (nSPS) is 21.8. The number of sulfonamides is 1. The lowest BCUT2D eigenvalue weighted by Gasteiger charge is -2.33. The fourth-order valence-electron chi connectivity index (χ4n) is 3.79. The molecule has 0 radical (unpaired) electrons. The second-order valence-electron chi connectivity index (χ2n) is 6.85. The second kappa shape index (κ2) is 6.71. The molecule has 2 heterocycles. The maximum Gasteiger partial charge on any atom is 0.244 e. The molecule has 0 aromatic heterocycles. The molecule has 4 nitrogen and oxygen atoms in total. The van der Waals surface area contributed by atoms with Crippen LogP contribution in [0, 0.1) is 5.41 Å². The van der Waals surface area contributed by atoms with Crippen molar-refractivity contribution >= 4 is 21.6 Å². The summed E-state index contributed by atoms with van der Waals surface area (Å²) in [5, 5.41) is 3.69. The van der Waals surface area contributed by atoms with Crippen molar-refractivity contribution in [3.8, 4) is 0 Å². The highest BCUT2D eigenvalue weighted by Gasteiger charge is 2.43. The van der Waals surface area contributed by atoms with Gasteiger partial charge in [-0.25, -0.2) is 8.42 Å². The molecule has 1 N–H and O–H groups in total. The third-order valence-corrected chi connectivity index (χ3v) is 7.55. The standard InChI is InChI=1S/C17H25ClN2O2S/c1-2-3-14-4-5-15(18)16(12-14)23(21,22)20-11-8-17(13-20)6-9-19-10-7-17/h4-5,12,19H,2-3,6-11,13H2,1H3. The van der Waals surface area contributed by atoms with Crippen molar-refractivity contribution in [3.05, 3.63) is 28.8 Å². The van der Waals surface area contributed by atoms with Gasteiger partial charge in [-0.05, 0) is 61.9 Å². The number of nitrogens with one attached hydrogen (secondary N) is 1. The third kappa shape index (κ3) is 3.43. The van der Waals surface area contributed by atoms with E-state index in [0.29, 0.717) is 18.1 Å². The predicted octanol–water partition coefficient (Wildman–Crippen LogP) is 3.06. The molecule has 1 aromatic carbocycles. The molecule has 0 saturated carbocycles. The first-order valence-electron chi connectivity index (χ1n) is 8.46. The van der Waals surface area contributed by atoms with E-state index in [1.807, 2.05) is 6.07 Å². The van der Waals surface area contributed by atoms with E-state index in [-0.39, 0.29) is 10.3 Å². The molecule has 128 valence electrons. The van der Waals surface area contributed by atoms with Gasteiger partial charge in [-0.3, -0.25) is 0 Å². The van der Waals surface area contributed by atoms with Crippen LogP contribution in [0.4, 0.5) is 0 Å². The van der Waals surface area contributed by atoms with Crippen molar-refractivity contribution in [2.45, 2.75) is 43.9 Å². The van der Waals surface area contributed by atoms with Crippen LogP contribution in [0.1, 0.15) is 38.2 Å². The Morgan fingerprint density at radius 2 is 2.00 bits per heavy atom. The average Bonchev–Trinajstić information content (AvgIpc) is 2.94. The molecule has 1 spiro atoms. The Balaban J connectivity index is 1.86. The molecule has 23 heavy (non-hydrogen) atoms. The Kier molecular flexibility index (Phi) is 5.02.